The number of rotatable bonds is 6. The van der Waals surface area contributed by atoms with Gasteiger partial charge in [0.2, 0.25) is 0 Å². The first-order chi connectivity index (χ1) is 12.2. The highest BCUT2D eigenvalue weighted by molar-refractivity contribution is 5.69. The predicted octanol–water partition coefficient (Wildman–Crippen LogP) is 3.72. The average Bonchev–Trinajstić information content (AvgIpc) is 2.53. The van der Waals surface area contributed by atoms with Gasteiger partial charge in [-0.2, -0.15) is 13.2 Å². The van der Waals surface area contributed by atoms with Crippen LogP contribution in [0.5, 0.6) is 0 Å². The van der Waals surface area contributed by atoms with E-state index in [-0.39, 0.29) is 24.0 Å². The minimum absolute atomic E-state index is 0.107. The molecule has 1 aliphatic carbocycles. The van der Waals surface area contributed by atoms with Crippen LogP contribution in [0.25, 0.3) is 0 Å². The van der Waals surface area contributed by atoms with E-state index >= 15 is 0 Å². The van der Waals surface area contributed by atoms with Crippen LogP contribution in [0.4, 0.5) is 22.4 Å². The summed E-state index contributed by atoms with van der Waals surface area (Å²) < 4.78 is 51.8. The number of nitrogens with zero attached hydrogens (tertiary/aromatic N) is 2. The molecule has 0 spiro atoms. The summed E-state index contributed by atoms with van der Waals surface area (Å²) in [6.07, 6.45) is -3.54. The number of carbonyl (C=O) groups excluding carboxylic acids is 1. The average molecular weight is 377 g/mol. The quantitative estimate of drug-likeness (QED) is 0.435. The van der Waals surface area contributed by atoms with Gasteiger partial charge in [-0.25, -0.2) is 4.79 Å². The molecule has 2 atom stereocenters. The molecule has 0 aromatic carbocycles. The summed E-state index contributed by atoms with van der Waals surface area (Å²) >= 11 is 0. The second-order valence-corrected chi connectivity index (χ2v) is 7.23. The number of carbonyl (C=O) groups is 1. The van der Waals surface area contributed by atoms with Crippen LogP contribution < -0.4 is 5.32 Å². The molecule has 8 heteroatoms. The van der Waals surface area contributed by atoms with Gasteiger partial charge >= 0.3 is 12.3 Å². The fourth-order valence-corrected chi connectivity index (χ4v) is 3.75. The maximum Gasteiger partial charge on any atom is 0.412 e. The molecule has 148 valence electrons. The van der Waals surface area contributed by atoms with E-state index < -0.39 is 17.9 Å². The standard InChI is InChI=1S/C18H27F4N3O/c1-3-24-4-6-25(7-5-24)12-13(2)8-14-9-15(18(20,21)22)11-16(10-14)23-17(19)26/h10-11,13-14H,3-9,12H2,1-2H3,(H,23,26)/t13-,14?/m0/s1. The van der Waals surface area contributed by atoms with E-state index in [2.05, 4.69) is 16.7 Å². The number of allylic oxidation sites excluding steroid dienone is 3. The Hall–Kier alpha value is -1.41. The molecule has 1 aliphatic heterocycles. The van der Waals surface area contributed by atoms with Gasteiger partial charge in [0.1, 0.15) is 0 Å². The van der Waals surface area contributed by atoms with Crippen molar-refractivity contribution in [3.8, 4) is 0 Å². The first-order valence-electron chi connectivity index (χ1n) is 9.08. The summed E-state index contributed by atoms with van der Waals surface area (Å²) in [7, 11) is 0. The maximum atomic E-state index is 13.1. The van der Waals surface area contributed by atoms with Crippen LogP contribution in [0.1, 0.15) is 26.7 Å². The van der Waals surface area contributed by atoms with E-state index in [1.54, 1.807) is 0 Å². The summed E-state index contributed by atoms with van der Waals surface area (Å²) in [4.78, 5) is 15.3. The lowest BCUT2D eigenvalue weighted by atomic mass is 9.85. The monoisotopic (exact) mass is 377 g/mol. The van der Waals surface area contributed by atoms with Crippen molar-refractivity contribution in [1.82, 2.24) is 15.1 Å². The third-order valence-electron chi connectivity index (χ3n) is 5.02. The lowest BCUT2D eigenvalue weighted by molar-refractivity contribution is -0.0954. The highest BCUT2D eigenvalue weighted by Crippen LogP contribution is 2.37. The third kappa shape index (κ3) is 6.39. The van der Waals surface area contributed by atoms with Crippen molar-refractivity contribution in [3.63, 3.8) is 0 Å². The maximum absolute atomic E-state index is 13.1. The van der Waals surface area contributed by atoms with Gasteiger partial charge in [0, 0.05) is 44.0 Å². The Balaban J connectivity index is 1.93. The number of hydrogen-bond donors (Lipinski definition) is 1. The van der Waals surface area contributed by atoms with E-state index in [9.17, 15) is 22.4 Å². The number of piperazine rings is 1. The lowest BCUT2D eigenvalue weighted by Crippen LogP contribution is -2.47. The van der Waals surface area contributed by atoms with E-state index in [4.69, 9.17) is 0 Å². The van der Waals surface area contributed by atoms with Crippen molar-refractivity contribution < 1.29 is 22.4 Å². The number of amides is 1. The van der Waals surface area contributed by atoms with Crippen LogP contribution in [0.2, 0.25) is 0 Å². The molecule has 0 saturated carbocycles. The van der Waals surface area contributed by atoms with Crippen molar-refractivity contribution >= 4 is 6.16 Å². The van der Waals surface area contributed by atoms with Gasteiger partial charge in [-0.1, -0.05) is 19.9 Å². The molecule has 2 rings (SSSR count). The Labute approximate surface area is 151 Å². The molecule has 0 bridgehead atoms. The fourth-order valence-electron chi connectivity index (χ4n) is 3.75. The Kier molecular flexibility index (Phi) is 7.23. The van der Waals surface area contributed by atoms with Gasteiger partial charge < -0.3 is 9.80 Å². The Morgan fingerprint density at radius 3 is 2.42 bits per heavy atom. The van der Waals surface area contributed by atoms with Crippen molar-refractivity contribution in [2.45, 2.75) is 32.9 Å². The molecular weight excluding hydrogens is 350 g/mol. The van der Waals surface area contributed by atoms with Crippen LogP contribution in [-0.2, 0) is 0 Å². The first-order valence-corrected chi connectivity index (χ1v) is 9.08. The largest absolute Gasteiger partial charge is 0.412 e. The molecule has 1 N–H and O–H groups in total. The van der Waals surface area contributed by atoms with E-state index in [0.717, 1.165) is 45.3 Å². The fraction of sp³-hybridized carbons (Fsp3) is 0.722. The lowest BCUT2D eigenvalue weighted by Gasteiger charge is -2.36. The van der Waals surface area contributed by atoms with Gasteiger partial charge in [0.15, 0.2) is 0 Å². The van der Waals surface area contributed by atoms with E-state index in [0.29, 0.717) is 6.42 Å². The molecule has 1 amide bonds. The van der Waals surface area contributed by atoms with Crippen LogP contribution in [0, 0.1) is 11.8 Å². The molecule has 26 heavy (non-hydrogen) atoms. The molecule has 1 heterocycles. The van der Waals surface area contributed by atoms with Crippen molar-refractivity contribution in [2.75, 3.05) is 39.3 Å². The molecular formula is C18H27F4N3O. The molecule has 2 aliphatic rings. The van der Waals surface area contributed by atoms with E-state index in [1.807, 2.05) is 12.2 Å². The zero-order valence-corrected chi connectivity index (χ0v) is 15.3. The number of nitrogens with one attached hydrogen (secondary N) is 1. The van der Waals surface area contributed by atoms with Crippen molar-refractivity contribution in [3.05, 3.63) is 23.4 Å². The molecule has 1 unspecified atom stereocenters. The minimum atomic E-state index is -4.47. The molecule has 4 nitrogen and oxygen atoms in total. The number of hydrogen-bond acceptors (Lipinski definition) is 3. The number of halogens is 4. The second kappa shape index (κ2) is 8.99. The van der Waals surface area contributed by atoms with Crippen molar-refractivity contribution in [1.29, 1.82) is 0 Å². The highest BCUT2D eigenvalue weighted by atomic mass is 19.4. The van der Waals surface area contributed by atoms with Gasteiger partial charge in [-0.15, -0.1) is 4.39 Å². The SMILES string of the molecule is CCN1CCN(C[C@@H](C)CC2C=C(NC(=O)F)C=C(C(F)(F)F)C2)CC1. The topological polar surface area (TPSA) is 35.6 Å². The molecule has 0 radical (unpaired) electrons. The van der Waals surface area contributed by atoms with Crippen LogP contribution in [-0.4, -0.2) is 61.4 Å². The summed E-state index contributed by atoms with van der Waals surface area (Å²) in [6, 6.07) is 0. The van der Waals surface area contributed by atoms with Crippen molar-refractivity contribution in [2.24, 2.45) is 11.8 Å². The third-order valence-corrected chi connectivity index (χ3v) is 5.02. The Morgan fingerprint density at radius 1 is 1.27 bits per heavy atom. The van der Waals surface area contributed by atoms with Crippen LogP contribution in [0.15, 0.2) is 23.4 Å². The first kappa shape index (κ1) is 20.9. The molecule has 1 saturated heterocycles. The van der Waals surface area contributed by atoms with Gasteiger partial charge in [-0.3, -0.25) is 5.32 Å². The normalized spacial score (nSPS) is 24.0. The zero-order valence-electron chi connectivity index (χ0n) is 15.3. The van der Waals surface area contributed by atoms with Crippen LogP contribution in [0.3, 0.4) is 0 Å². The van der Waals surface area contributed by atoms with Gasteiger partial charge in [-0.05, 0) is 37.3 Å². The predicted molar refractivity (Wildman–Crippen MR) is 92.3 cm³/mol. The Morgan fingerprint density at radius 2 is 1.88 bits per heavy atom. The highest BCUT2D eigenvalue weighted by Gasteiger charge is 2.37. The number of alkyl halides is 3. The molecule has 1 fully saturated rings. The Bertz CT molecular complexity index is 551. The zero-order chi connectivity index (χ0) is 19.3. The summed E-state index contributed by atoms with van der Waals surface area (Å²) in [5.41, 5.74) is -0.831. The summed E-state index contributed by atoms with van der Waals surface area (Å²) in [5, 5.41) is 1.84. The molecule has 0 aromatic heterocycles. The molecule has 0 aromatic rings. The minimum Gasteiger partial charge on any atom is -0.301 e. The van der Waals surface area contributed by atoms with Crippen LogP contribution >= 0.6 is 0 Å². The number of likely N-dealkylation sites (N-methyl/N-ethyl adjacent to an activating group) is 1. The van der Waals surface area contributed by atoms with Gasteiger partial charge in [0.05, 0.1) is 0 Å². The smallest absolute Gasteiger partial charge is 0.301 e. The summed E-state index contributed by atoms with van der Waals surface area (Å²) in [6.45, 7) is 9.99. The van der Waals surface area contributed by atoms with E-state index in [1.165, 1.54) is 6.08 Å². The van der Waals surface area contributed by atoms with Gasteiger partial charge in [0.25, 0.3) is 0 Å². The summed E-state index contributed by atoms with van der Waals surface area (Å²) in [5.74, 6) is -0.162. The second-order valence-electron chi connectivity index (χ2n) is 7.23.